The molecule has 0 saturated carbocycles. The Labute approximate surface area is 98.5 Å². The van der Waals surface area contributed by atoms with E-state index >= 15 is 0 Å². The number of aliphatic hydroxyl groups excluding tert-OH is 1. The van der Waals surface area contributed by atoms with Crippen molar-refractivity contribution in [3.05, 3.63) is 12.2 Å². The SMILES string of the molecule is C=C(C(=O)OCC(CC)CCCC)C(C)O. The molecule has 2 atom stereocenters. The van der Waals surface area contributed by atoms with Crippen molar-refractivity contribution < 1.29 is 14.6 Å². The average Bonchev–Trinajstić information content (AvgIpc) is 2.27. The largest absolute Gasteiger partial charge is 0.462 e. The summed E-state index contributed by atoms with van der Waals surface area (Å²) >= 11 is 0. The predicted molar refractivity (Wildman–Crippen MR) is 65.1 cm³/mol. The van der Waals surface area contributed by atoms with E-state index < -0.39 is 12.1 Å². The second-order valence-corrected chi connectivity index (χ2v) is 4.22. The van der Waals surface area contributed by atoms with Gasteiger partial charge in [0, 0.05) is 0 Å². The number of carbonyl (C=O) groups is 1. The minimum atomic E-state index is -0.830. The molecule has 16 heavy (non-hydrogen) atoms. The van der Waals surface area contributed by atoms with Crippen molar-refractivity contribution in [3.63, 3.8) is 0 Å². The predicted octanol–water partition coefficient (Wildman–Crippen LogP) is 2.68. The average molecular weight is 228 g/mol. The van der Waals surface area contributed by atoms with Crippen LogP contribution in [0.1, 0.15) is 46.5 Å². The molecule has 1 N–H and O–H groups in total. The van der Waals surface area contributed by atoms with Crippen molar-refractivity contribution in [2.75, 3.05) is 6.61 Å². The topological polar surface area (TPSA) is 46.5 Å². The van der Waals surface area contributed by atoms with E-state index in [1.807, 2.05) is 0 Å². The Hall–Kier alpha value is -0.830. The van der Waals surface area contributed by atoms with Gasteiger partial charge in [-0.3, -0.25) is 0 Å². The zero-order valence-corrected chi connectivity index (χ0v) is 10.7. The quantitative estimate of drug-likeness (QED) is 0.513. The van der Waals surface area contributed by atoms with Gasteiger partial charge < -0.3 is 9.84 Å². The number of carbonyl (C=O) groups excluding carboxylic acids is 1. The van der Waals surface area contributed by atoms with Crippen LogP contribution in [-0.2, 0) is 9.53 Å². The first-order valence-electron chi connectivity index (χ1n) is 6.06. The third-order valence-electron chi connectivity index (χ3n) is 2.76. The van der Waals surface area contributed by atoms with Crippen LogP contribution in [0.4, 0.5) is 0 Å². The highest BCUT2D eigenvalue weighted by molar-refractivity contribution is 5.88. The number of aliphatic hydroxyl groups is 1. The molecule has 0 spiro atoms. The van der Waals surface area contributed by atoms with Gasteiger partial charge in [-0.25, -0.2) is 4.79 Å². The summed E-state index contributed by atoms with van der Waals surface area (Å²) in [4.78, 5) is 11.4. The Morgan fingerprint density at radius 2 is 2.06 bits per heavy atom. The Bertz CT molecular complexity index is 221. The Morgan fingerprint density at radius 1 is 1.44 bits per heavy atom. The molecule has 3 heteroatoms. The van der Waals surface area contributed by atoms with E-state index in [-0.39, 0.29) is 5.57 Å². The highest BCUT2D eigenvalue weighted by Gasteiger charge is 2.15. The fourth-order valence-corrected chi connectivity index (χ4v) is 1.35. The molecule has 0 aliphatic carbocycles. The molecule has 0 radical (unpaired) electrons. The molecule has 2 unspecified atom stereocenters. The molecule has 0 saturated heterocycles. The van der Waals surface area contributed by atoms with Gasteiger partial charge in [0.2, 0.25) is 0 Å². The number of hydrogen-bond acceptors (Lipinski definition) is 3. The molecule has 0 amide bonds. The lowest BCUT2D eigenvalue weighted by atomic mass is 10.0. The smallest absolute Gasteiger partial charge is 0.336 e. The Morgan fingerprint density at radius 3 is 2.50 bits per heavy atom. The van der Waals surface area contributed by atoms with E-state index in [2.05, 4.69) is 20.4 Å². The summed E-state index contributed by atoms with van der Waals surface area (Å²) < 4.78 is 5.12. The van der Waals surface area contributed by atoms with Crippen molar-refractivity contribution in [1.82, 2.24) is 0 Å². The lowest BCUT2D eigenvalue weighted by molar-refractivity contribution is -0.141. The lowest BCUT2D eigenvalue weighted by Crippen LogP contribution is -2.19. The van der Waals surface area contributed by atoms with Gasteiger partial charge in [0.05, 0.1) is 18.3 Å². The molecule has 0 aromatic heterocycles. The normalized spacial score (nSPS) is 14.2. The van der Waals surface area contributed by atoms with Crippen LogP contribution in [0.25, 0.3) is 0 Å². The molecule has 0 fully saturated rings. The zero-order valence-electron chi connectivity index (χ0n) is 10.7. The van der Waals surface area contributed by atoms with Gasteiger partial charge in [-0.2, -0.15) is 0 Å². The fourth-order valence-electron chi connectivity index (χ4n) is 1.35. The van der Waals surface area contributed by atoms with Crippen molar-refractivity contribution >= 4 is 5.97 Å². The molecule has 94 valence electrons. The van der Waals surface area contributed by atoms with Crippen LogP contribution in [0.2, 0.25) is 0 Å². The summed E-state index contributed by atoms with van der Waals surface area (Å²) in [6.45, 7) is 9.68. The van der Waals surface area contributed by atoms with Crippen LogP contribution in [0, 0.1) is 5.92 Å². The molecule has 0 bridgehead atoms. The minimum Gasteiger partial charge on any atom is -0.462 e. The summed E-state index contributed by atoms with van der Waals surface area (Å²) in [5.74, 6) is -0.0596. The Kier molecular flexibility index (Phi) is 7.90. The third-order valence-corrected chi connectivity index (χ3v) is 2.76. The molecule has 0 aliphatic rings. The first-order chi connectivity index (χ1) is 7.52. The second kappa shape index (κ2) is 8.34. The van der Waals surface area contributed by atoms with E-state index in [0.29, 0.717) is 12.5 Å². The molecule has 3 nitrogen and oxygen atoms in total. The highest BCUT2D eigenvalue weighted by Crippen LogP contribution is 2.14. The van der Waals surface area contributed by atoms with Gasteiger partial charge >= 0.3 is 5.97 Å². The number of esters is 1. The van der Waals surface area contributed by atoms with E-state index in [0.717, 1.165) is 25.7 Å². The summed E-state index contributed by atoms with van der Waals surface area (Å²) in [5, 5.41) is 9.15. The zero-order chi connectivity index (χ0) is 12.6. The molecular formula is C13H24O3. The van der Waals surface area contributed by atoms with E-state index in [1.165, 1.54) is 6.92 Å². The van der Waals surface area contributed by atoms with Gasteiger partial charge in [0.15, 0.2) is 0 Å². The molecule has 0 heterocycles. The maximum absolute atomic E-state index is 11.4. The lowest BCUT2D eigenvalue weighted by Gasteiger charge is -2.15. The van der Waals surface area contributed by atoms with Crippen molar-refractivity contribution in [3.8, 4) is 0 Å². The fraction of sp³-hybridized carbons (Fsp3) is 0.769. The maximum Gasteiger partial charge on any atom is 0.336 e. The highest BCUT2D eigenvalue weighted by atomic mass is 16.5. The number of ether oxygens (including phenoxy) is 1. The summed E-state index contributed by atoms with van der Waals surface area (Å²) in [6.07, 6.45) is 3.58. The van der Waals surface area contributed by atoms with Gasteiger partial charge in [0.1, 0.15) is 0 Å². The molecule has 0 aliphatic heterocycles. The standard InChI is InChI=1S/C13H24O3/c1-5-7-8-12(6-2)9-16-13(15)10(3)11(4)14/h11-12,14H,3,5-9H2,1-2,4H3. The van der Waals surface area contributed by atoms with Crippen LogP contribution in [0.5, 0.6) is 0 Å². The molecule has 0 aromatic rings. The number of hydrogen-bond donors (Lipinski definition) is 1. The van der Waals surface area contributed by atoms with Gasteiger partial charge in [-0.15, -0.1) is 0 Å². The molecule has 0 rings (SSSR count). The summed E-state index contributed by atoms with van der Waals surface area (Å²) in [5.41, 5.74) is 0.130. The van der Waals surface area contributed by atoms with Crippen LogP contribution in [0.3, 0.4) is 0 Å². The van der Waals surface area contributed by atoms with E-state index in [4.69, 9.17) is 9.84 Å². The molecular weight excluding hydrogens is 204 g/mol. The van der Waals surface area contributed by atoms with Crippen molar-refractivity contribution in [1.29, 1.82) is 0 Å². The third kappa shape index (κ3) is 5.91. The van der Waals surface area contributed by atoms with Crippen LogP contribution in [0.15, 0.2) is 12.2 Å². The first kappa shape index (κ1) is 15.2. The number of rotatable bonds is 8. The van der Waals surface area contributed by atoms with Gasteiger partial charge in [-0.05, 0) is 19.3 Å². The van der Waals surface area contributed by atoms with Gasteiger partial charge in [-0.1, -0.05) is 39.7 Å². The van der Waals surface area contributed by atoms with Crippen molar-refractivity contribution in [2.24, 2.45) is 5.92 Å². The second-order valence-electron chi connectivity index (χ2n) is 4.22. The maximum atomic E-state index is 11.4. The first-order valence-corrected chi connectivity index (χ1v) is 6.06. The van der Waals surface area contributed by atoms with E-state index in [9.17, 15) is 4.79 Å². The minimum absolute atomic E-state index is 0.130. The van der Waals surface area contributed by atoms with Crippen molar-refractivity contribution in [2.45, 2.75) is 52.6 Å². The monoisotopic (exact) mass is 228 g/mol. The summed E-state index contributed by atoms with van der Waals surface area (Å²) in [6, 6.07) is 0. The van der Waals surface area contributed by atoms with Crippen LogP contribution >= 0.6 is 0 Å². The van der Waals surface area contributed by atoms with Crippen LogP contribution in [-0.4, -0.2) is 23.8 Å². The molecule has 0 aromatic carbocycles. The van der Waals surface area contributed by atoms with Crippen LogP contribution < -0.4 is 0 Å². The summed E-state index contributed by atoms with van der Waals surface area (Å²) in [7, 11) is 0. The van der Waals surface area contributed by atoms with Gasteiger partial charge in [0.25, 0.3) is 0 Å². The van der Waals surface area contributed by atoms with E-state index in [1.54, 1.807) is 0 Å². The Balaban J connectivity index is 3.92. The number of unbranched alkanes of at least 4 members (excludes halogenated alkanes) is 1.